The topological polar surface area (TPSA) is 51.2 Å². The molecule has 3 rings (SSSR count). The minimum Gasteiger partial charge on any atom is -0.497 e. The minimum absolute atomic E-state index is 0.257. The Kier molecular flexibility index (Phi) is 3.70. The van der Waals surface area contributed by atoms with E-state index in [9.17, 15) is 9.18 Å². The Morgan fingerprint density at radius 3 is 2.82 bits per heavy atom. The van der Waals surface area contributed by atoms with Crippen molar-refractivity contribution < 1.29 is 13.9 Å². The summed E-state index contributed by atoms with van der Waals surface area (Å²) in [5.74, 6) is -0.162. The van der Waals surface area contributed by atoms with Crippen LogP contribution in [0.15, 0.2) is 54.7 Å². The summed E-state index contributed by atoms with van der Waals surface area (Å²) >= 11 is 0. The second-order valence-electron chi connectivity index (χ2n) is 4.71. The summed E-state index contributed by atoms with van der Waals surface area (Å²) in [6.45, 7) is 0. The van der Waals surface area contributed by atoms with E-state index in [0.29, 0.717) is 11.4 Å². The second-order valence-corrected chi connectivity index (χ2v) is 4.71. The van der Waals surface area contributed by atoms with Crippen LogP contribution in [-0.4, -0.2) is 18.0 Å². The number of anilines is 1. The van der Waals surface area contributed by atoms with Crippen molar-refractivity contribution in [3.05, 3.63) is 66.1 Å². The highest BCUT2D eigenvalue weighted by Crippen LogP contribution is 2.26. The lowest BCUT2D eigenvalue weighted by Gasteiger charge is -2.09. The van der Waals surface area contributed by atoms with Gasteiger partial charge < -0.3 is 10.1 Å². The van der Waals surface area contributed by atoms with Crippen molar-refractivity contribution in [1.82, 2.24) is 4.98 Å². The molecule has 0 bridgehead atoms. The maximum atomic E-state index is 13.2. The Labute approximate surface area is 126 Å². The molecular weight excluding hydrogens is 283 g/mol. The van der Waals surface area contributed by atoms with Crippen LogP contribution < -0.4 is 10.1 Å². The fraction of sp³-hybridized carbons (Fsp3) is 0.0588. The van der Waals surface area contributed by atoms with Gasteiger partial charge in [-0.2, -0.15) is 0 Å². The number of fused-ring (bicyclic) bond motifs is 1. The molecule has 0 aliphatic carbocycles. The van der Waals surface area contributed by atoms with Gasteiger partial charge in [0.2, 0.25) is 0 Å². The predicted molar refractivity (Wildman–Crippen MR) is 82.6 cm³/mol. The van der Waals surface area contributed by atoms with E-state index in [4.69, 9.17) is 4.74 Å². The molecule has 22 heavy (non-hydrogen) atoms. The number of nitrogens with one attached hydrogen (secondary N) is 1. The highest BCUT2D eigenvalue weighted by molar-refractivity contribution is 6.08. The first-order valence-electron chi connectivity index (χ1n) is 6.67. The van der Waals surface area contributed by atoms with E-state index in [1.54, 1.807) is 37.6 Å². The average Bonchev–Trinajstić information content (AvgIpc) is 2.54. The average molecular weight is 296 g/mol. The van der Waals surface area contributed by atoms with Gasteiger partial charge in [0.25, 0.3) is 5.91 Å². The molecular formula is C17H13FN2O2. The van der Waals surface area contributed by atoms with E-state index in [1.807, 2.05) is 6.07 Å². The van der Waals surface area contributed by atoms with Gasteiger partial charge in [-0.15, -0.1) is 0 Å². The van der Waals surface area contributed by atoms with Gasteiger partial charge in [0.15, 0.2) is 0 Å². The van der Waals surface area contributed by atoms with E-state index in [0.717, 1.165) is 10.9 Å². The van der Waals surface area contributed by atoms with E-state index in [-0.39, 0.29) is 11.5 Å². The van der Waals surface area contributed by atoms with Crippen LogP contribution in [0.4, 0.5) is 10.1 Å². The molecule has 0 aliphatic heterocycles. The zero-order chi connectivity index (χ0) is 15.5. The maximum Gasteiger partial charge on any atom is 0.255 e. The lowest BCUT2D eigenvalue weighted by atomic mass is 10.1. The molecule has 1 aromatic heterocycles. The third-order valence-corrected chi connectivity index (χ3v) is 3.28. The number of ether oxygens (including phenoxy) is 1. The number of methoxy groups -OCH3 is 1. The summed E-state index contributed by atoms with van der Waals surface area (Å²) in [6, 6.07) is 12.6. The molecule has 0 radical (unpaired) electrons. The first-order chi connectivity index (χ1) is 10.7. The molecule has 110 valence electrons. The third kappa shape index (κ3) is 2.74. The molecule has 0 spiro atoms. The molecule has 0 unspecified atom stereocenters. The summed E-state index contributed by atoms with van der Waals surface area (Å²) in [4.78, 5) is 16.5. The number of amides is 1. The molecule has 0 atom stereocenters. The Morgan fingerprint density at radius 1 is 1.18 bits per heavy atom. The van der Waals surface area contributed by atoms with Gasteiger partial charge in [-0.3, -0.25) is 9.78 Å². The first kappa shape index (κ1) is 14.0. The van der Waals surface area contributed by atoms with Crippen LogP contribution in [0.3, 0.4) is 0 Å². The number of benzene rings is 2. The molecule has 1 amide bonds. The maximum absolute atomic E-state index is 13.2. The summed E-state index contributed by atoms with van der Waals surface area (Å²) in [6.07, 6.45) is 1.61. The van der Waals surface area contributed by atoms with Crippen molar-refractivity contribution in [2.24, 2.45) is 0 Å². The second kappa shape index (κ2) is 5.81. The normalized spacial score (nSPS) is 10.5. The van der Waals surface area contributed by atoms with Gasteiger partial charge in [-0.25, -0.2) is 4.39 Å². The molecule has 4 nitrogen and oxygen atoms in total. The van der Waals surface area contributed by atoms with Crippen LogP contribution in [0.5, 0.6) is 5.75 Å². The van der Waals surface area contributed by atoms with Crippen LogP contribution >= 0.6 is 0 Å². The zero-order valence-electron chi connectivity index (χ0n) is 11.8. The highest BCUT2D eigenvalue weighted by atomic mass is 19.1. The van der Waals surface area contributed by atoms with Crippen molar-refractivity contribution in [2.75, 3.05) is 12.4 Å². The molecule has 5 heteroatoms. The number of carbonyl (C=O) groups is 1. The van der Waals surface area contributed by atoms with Crippen LogP contribution in [0.2, 0.25) is 0 Å². The number of hydrogen-bond donors (Lipinski definition) is 1. The molecule has 0 fully saturated rings. The Hall–Kier alpha value is -2.95. The number of hydrogen-bond acceptors (Lipinski definition) is 3. The van der Waals surface area contributed by atoms with Gasteiger partial charge >= 0.3 is 0 Å². The van der Waals surface area contributed by atoms with E-state index in [1.165, 1.54) is 18.2 Å². The van der Waals surface area contributed by atoms with E-state index in [2.05, 4.69) is 10.3 Å². The number of aromatic nitrogens is 1. The summed E-state index contributed by atoms with van der Waals surface area (Å²) in [7, 11) is 1.57. The zero-order valence-corrected chi connectivity index (χ0v) is 11.8. The van der Waals surface area contributed by atoms with Crippen LogP contribution in [0.25, 0.3) is 10.9 Å². The fourth-order valence-corrected chi connectivity index (χ4v) is 2.19. The number of halogens is 1. The molecule has 0 saturated carbocycles. The van der Waals surface area contributed by atoms with Crippen LogP contribution in [0, 0.1) is 5.82 Å². The number of rotatable bonds is 3. The first-order valence-corrected chi connectivity index (χ1v) is 6.67. The number of pyridine rings is 1. The number of carbonyl (C=O) groups excluding carboxylic acids is 1. The van der Waals surface area contributed by atoms with Crippen molar-refractivity contribution in [3.8, 4) is 5.75 Å². The molecule has 0 aliphatic rings. The highest BCUT2D eigenvalue weighted by Gasteiger charge is 2.10. The minimum atomic E-state index is -0.450. The van der Waals surface area contributed by atoms with Gasteiger partial charge in [0, 0.05) is 17.1 Å². The van der Waals surface area contributed by atoms with Crippen LogP contribution in [-0.2, 0) is 0 Å². The van der Waals surface area contributed by atoms with Gasteiger partial charge in [-0.1, -0.05) is 6.07 Å². The standard InChI is InChI=1S/C17H13FN2O2/c1-22-13-5-6-15-14(10-13)16(7-8-19-15)20-17(21)11-3-2-4-12(18)9-11/h2-10H,1H3,(H,19,20,21). The summed E-state index contributed by atoms with van der Waals surface area (Å²) in [5.41, 5.74) is 1.59. The molecule has 1 N–H and O–H groups in total. The SMILES string of the molecule is COc1ccc2nccc(NC(=O)c3cccc(F)c3)c2c1. The quantitative estimate of drug-likeness (QED) is 0.803. The largest absolute Gasteiger partial charge is 0.497 e. The molecule has 1 heterocycles. The van der Waals surface area contributed by atoms with Crippen LogP contribution in [0.1, 0.15) is 10.4 Å². The fourth-order valence-electron chi connectivity index (χ4n) is 2.19. The summed E-state index contributed by atoms with van der Waals surface area (Å²) in [5, 5.41) is 3.53. The van der Waals surface area contributed by atoms with E-state index < -0.39 is 5.82 Å². The smallest absolute Gasteiger partial charge is 0.255 e. The Morgan fingerprint density at radius 2 is 2.05 bits per heavy atom. The molecule has 0 saturated heterocycles. The Balaban J connectivity index is 1.98. The van der Waals surface area contributed by atoms with Crippen molar-refractivity contribution in [2.45, 2.75) is 0 Å². The van der Waals surface area contributed by atoms with Gasteiger partial charge in [0.05, 0.1) is 18.3 Å². The third-order valence-electron chi connectivity index (χ3n) is 3.28. The van der Waals surface area contributed by atoms with Gasteiger partial charge in [-0.05, 0) is 42.5 Å². The molecule has 3 aromatic rings. The molecule has 2 aromatic carbocycles. The lowest BCUT2D eigenvalue weighted by Crippen LogP contribution is -2.12. The van der Waals surface area contributed by atoms with Crippen molar-refractivity contribution in [3.63, 3.8) is 0 Å². The Bertz CT molecular complexity index is 849. The predicted octanol–water partition coefficient (Wildman–Crippen LogP) is 3.63. The van der Waals surface area contributed by atoms with Crippen molar-refractivity contribution in [1.29, 1.82) is 0 Å². The van der Waals surface area contributed by atoms with E-state index >= 15 is 0 Å². The van der Waals surface area contributed by atoms with Crippen molar-refractivity contribution >= 4 is 22.5 Å². The van der Waals surface area contributed by atoms with Gasteiger partial charge in [0.1, 0.15) is 11.6 Å². The monoisotopic (exact) mass is 296 g/mol. The lowest BCUT2D eigenvalue weighted by molar-refractivity contribution is 0.102. The summed E-state index contributed by atoms with van der Waals surface area (Å²) < 4.78 is 18.4. The number of nitrogens with zero attached hydrogens (tertiary/aromatic N) is 1.